The van der Waals surface area contributed by atoms with E-state index in [9.17, 15) is 9.59 Å². The van der Waals surface area contributed by atoms with Crippen LogP contribution in [0.4, 0.5) is 0 Å². The number of hydrogen-bond acceptors (Lipinski definition) is 5. The fourth-order valence-electron chi connectivity index (χ4n) is 1.48. The maximum atomic E-state index is 12.1. The zero-order valence-electron chi connectivity index (χ0n) is 11.4. The number of likely N-dealkylation sites (N-methyl/N-ethyl adjacent to an activating group) is 1. The molecule has 0 bridgehead atoms. The average Bonchev–Trinajstić information content (AvgIpc) is 2.45. The van der Waals surface area contributed by atoms with Crippen molar-refractivity contribution in [1.82, 2.24) is 4.90 Å². The molecule has 0 aliphatic rings. The molecular formula is C13H17NO5. The van der Waals surface area contributed by atoms with Gasteiger partial charge in [0.05, 0.1) is 21.3 Å². The topological polar surface area (TPSA) is 65.1 Å². The molecule has 0 N–H and O–H groups in total. The first-order valence-corrected chi connectivity index (χ1v) is 5.57. The minimum atomic E-state index is -0.481. The molecule has 0 saturated carbocycles. The molecular weight excluding hydrogens is 250 g/mol. The Morgan fingerprint density at radius 2 is 1.58 bits per heavy atom. The van der Waals surface area contributed by atoms with Crippen molar-refractivity contribution < 1.29 is 23.8 Å². The summed E-state index contributed by atoms with van der Waals surface area (Å²) in [5, 5.41) is 0. The Morgan fingerprint density at radius 3 is 2.00 bits per heavy atom. The van der Waals surface area contributed by atoms with E-state index in [1.165, 1.54) is 33.3 Å². The average molecular weight is 267 g/mol. The molecule has 0 aromatic heterocycles. The molecule has 0 heterocycles. The number of benzene rings is 1. The predicted octanol–water partition coefficient (Wildman–Crippen LogP) is 0.949. The number of carbonyl (C=O) groups excluding carboxylic acids is 2. The van der Waals surface area contributed by atoms with Crippen molar-refractivity contribution in [2.45, 2.75) is 0 Å². The highest BCUT2D eigenvalue weighted by Gasteiger charge is 2.17. The summed E-state index contributed by atoms with van der Waals surface area (Å²) < 4.78 is 14.7. The summed E-state index contributed by atoms with van der Waals surface area (Å²) in [4.78, 5) is 24.5. The van der Waals surface area contributed by atoms with Gasteiger partial charge < -0.3 is 19.1 Å². The molecule has 0 saturated heterocycles. The van der Waals surface area contributed by atoms with E-state index in [-0.39, 0.29) is 12.5 Å². The van der Waals surface area contributed by atoms with Crippen molar-refractivity contribution in [3.63, 3.8) is 0 Å². The van der Waals surface area contributed by atoms with Crippen LogP contribution in [0.15, 0.2) is 18.2 Å². The summed E-state index contributed by atoms with van der Waals surface area (Å²) in [6, 6.07) is 4.83. The zero-order chi connectivity index (χ0) is 14.4. The Morgan fingerprint density at radius 1 is 1.05 bits per heavy atom. The number of nitrogens with zero attached hydrogens (tertiary/aromatic N) is 1. The lowest BCUT2D eigenvalue weighted by Gasteiger charge is -2.16. The Balaban J connectivity index is 2.95. The fourth-order valence-corrected chi connectivity index (χ4v) is 1.48. The van der Waals surface area contributed by atoms with E-state index in [0.29, 0.717) is 17.1 Å². The van der Waals surface area contributed by atoms with Crippen LogP contribution in [-0.2, 0) is 9.53 Å². The smallest absolute Gasteiger partial charge is 0.325 e. The minimum Gasteiger partial charge on any atom is -0.497 e. The molecule has 0 fully saturated rings. The van der Waals surface area contributed by atoms with Gasteiger partial charge in [-0.3, -0.25) is 9.59 Å². The summed E-state index contributed by atoms with van der Waals surface area (Å²) in [5.41, 5.74) is 0.377. The van der Waals surface area contributed by atoms with Crippen LogP contribution >= 0.6 is 0 Å². The van der Waals surface area contributed by atoms with E-state index in [1.807, 2.05) is 0 Å². The van der Waals surface area contributed by atoms with E-state index in [1.54, 1.807) is 18.2 Å². The van der Waals surface area contributed by atoms with Crippen molar-refractivity contribution in [2.24, 2.45) is 0 Å². The van der Waals surface area contributed by atoms with Gasteiger partial charge in [0.15, 0.2) is 0 Å². The van der Waals surface area contributed by atoms with Crippen LogP contribution in [0.25, 0.3) is 0 Å². The van der Waals surface area contributed by atoms with Crippen molar-refractivity contribution in [3.8, 4) is 11.5 Å². The third-order valence-electron chi connectivity index (χ3n) is 2.54. The van der Waals surface area contributed by atoms with Gasteiger partial charge in [0.2, 0.25) is 0 Å². The van der Waals surface area contributed by atoms with Gasteiger partial charge in [-0.15, -0.1) is 0 Å². The van der Waals surface area contributed by atoms with E-state index in [0.717, 1.165) is 0 Å². The Bertz CT molecular complexity index is 450. The van der Waals surface area contributed by atoms with Gasteiger partial charge in [-0.05, 0) is 12.1 Å². The monoisotopic (exact) mass is 267 g/mol. The molecule has 0 radical (unpaired) electrons. The molecule has 0 spiro atoms. The summed E-state index contributed by atoms with van der Waals surface area (Å²) in [5.74, 6) is 0.219. The second kappa shape index (κ2) is 6.63. The lowest BCUT2D eigenvalue weighted by molar-refractivity contribution is -0.141. The lowest BCUT2D eigenvalue weighted by Crippen LogP contribution is -2.32. The number of carbonyl (C=O) groups is 2. The highest BCUT2D eigenvalue weighted by Crippen LogP contribution is 2.23. The van der Waals surface area contributed by atoms with Gasteiger partial charge in [-0.25, -0.2) is 0 Å². The fraction of sp³-hybridized carbons (Fsp3) is 0.385. The SMILES string of the molecule is COC(=O)CN(C)C(=O)c1cc(OC)cc(OC)c1. The van der Waals surface area contributed by atoms with Crippen LogP contribution < -0.4 is 9.47 Å². The van der Waals surface area contributed by atoms with Crippen molar-refractivity contribution in [3.05, 3.63) is 23.8 Å². The number of rotatable bonds is 5. The first-order chi connectivity index (χ1) is 9.01. The molecule has 0 aliphatic heterocycles. The zero-order valence-corrected chi connectivity index (χ0v) is 11.4. The molecule has 0 atom stereocenters. The standard InChI is InChI=1S/C13H17NO5/c1-14(8-12(15)19-4)13(16)9-5-10(17-2)7-11(6-9)18-3/h5-7H,8H2,1-4H3. The normalized spacial score (nSPS) is 9.68. The Hall–Kier alpha value is -2.24. The molecule has 0 aliphatic carbocycles. The number of methoxy groups -OCH3 is 3. The van der Waals surface area contributed by atoms with Gasteiger partial charge in [-0.1, -0.05) is 0 Å². The molecule has 6 heteroatoms. The van der Waals surface area contributed by atoms with Gasteiger partial charge in [-0.2, -0.15) is 0 Å². The molecule has 19 heavy (non-hydrogen) atoms. The van der Waals surface area contributed by atoms with Crippen LogP contribution in [-0.4, -0.2) is 51.7 Å². The van der Waals surface area contributed by atoms with Gasteiger partial charge in [0.1, 0.15) is 18.0 Å². The van der Waals surface area contributed by atoms with Gasteiger partial charge in [0, 0.05) is 18.7 Å². The summed E-state index contributed by atoms with van der Waals surface area (Å²) in [6.07, 6.45) is 0. The largest absolute Gasteiger partial charge is 0.497 e. The van der Waals surface area contributed by atoms with Gasteiger partial charge >= 0.3 is 5.97 Å². The van der Waals surface area contributed by atoms with Crippen molar-refractivity contribution >= 4 is 11.9 Å². The van der Waals surface area contributed by atoms with Crippen molar-refractivity contribution in [2.75, 3.05) is 34.9 Å². The van der Waals surface area contributed by atoms with Crippen LogP contribution in [0.5, 0.6) is 11.5 Å². The van der Waals surface area contributed by atoms with Gasteiger partial charge in [0.25, 0.3) is 5.91 Å². The summed E-state index contributed by atoms with van der Waals surface area (Å²) >= 11 is 0. The minimum absolute atomic E-state index is 0.116. The molecule has 1 aromatic rings. The van der Waals surface area contributed by atoms with E-state index >= 15 is 0 Å². The highest BCUT2D eigenvalue weighted by molar-refractivity contribution is 5.96. The van der Waals surface area contributed by atoms with E-state index in [2.05, 4.69) is 4.74 Å². The molecule has 1 rings (SSSR count). The first-order valence-electron chi connectivity index (χ1n) is 5.57. The Labute approximate surface area is 111 Å². The Kier molecular flexibility index (Phi) is 5.17. The molecule has 0 unspecified atom stereocenters. The lowest BCUT2D eigenvalue weighted by atomic mass is 10.1. The van der Waals surface area contributed by atoms with Crippen LogP contribution in [0.3, 0.4) is 0 Å². The number of esters is 1. The first kappa shape index (κ1) is 14.8. The van der Waals surface area contributed by atoms with Crippen molar-refractivity contribution in [1.29, 1.82) is 0 Å². The predicted molar refractivity (Wildman–Crippen MR) is 68.5 cm³/mol. The summed E-state index contributed by atoms with van der Waals surface area (Å²) in [6.45, 7) is -0.116. The third-order valence-corrected chi connectivity index (χ3v) is 2.54. The molecule has 104 valence electrons. The number of ether oxygens (including phenoxy) is 3. The quantitative estimate of drug-likeness (QED) is 0.743. The van der Waals surface area contributed by atoms with E-state index < -0.39 is 5.97 Å². The summed E-state index contributed by atoms with van der Waals surface area (Å²) in [7, 11) is 5.79. The second-order valence-electron chi connectivity index (χ2n) is 3.84. The maximum Gasteiger partial charge on any atom is 0.325 e. The molecule has 1 amide bonds. The number of hydrogen-bond donors (Lipinski definition) is 0. The highest BCUT2D eigenvalue weighted by atomic mass is 16.5. The second-order valence-corrected chi connectivity index (χ2v) is 3.84. The molecule has 6 nitrogen and oxygen atoms in total. The van der Waals surface area contributed by atoms with Crippen LogP contribution in [0.1, 0.15) is 10.4 Å². The maximum absolute atomic E-state index is 12.1. The number of amides is 1. The van der Waals surface area contributed by atoms with Crippen LogP contribution in [0, 0.1) is 0 Å². The van der Waals surface area contributed by atoms with Crippen LogP contribution in [0.2, 0.25) is 0 Å². The van der Waals surface area contributed by atoms with E-state index in [4.69, 9.17) is 9.47 Å². The third kappa shape index (κ3) is 3.87. The molecule has 1 aromatic carbocycles.